The second-order valence-electron chi connectivity index (χ2n) is 6.51. The topological polar surface area (TPSA) is 67.7 Å². The number of nitrogens with zero attached hydrogens (tertiary/aromatic N) is 4. The molecule has 0 bridgehead atoms. The van der Waals surface area contributed by atoms with Gasteiger partial charge in [0, 0.05) is 43.5 Å². The van der Waals surface area contributed by atoms with E-state index in [1.807, 2.05) is 42.2 Å². The molecule has 1 aromatic carbocycles. The fourth-order valence-electron chi connectivity index (χ4n) is 2.81. The molecule has 0 aliphatic heterocycles. The zero-order valence-electron chi connectivity index (χ0n) is 14.3. The fourth-order valence-corrected chi connectivity index (χ4v) is 2.81. The van der Waals surface area contributed by atoms with Gasteiger partial charge in [0.1, 0.15) is 18.0 Å². The van der Waals surface area contributed by atoms with E-state index in [1.54, 1.807) is 6.33 Å². The van der Waals surface area contributed by atoms with Gasteiger partial charge in [0.15, 0.2) is 0 Å². The summed E-state index contributed by atoms with van der Waals surface area (Å²) in [5, 5.41) is 11.4. The van der Waals surface area contributed by atoms with Crippen LogP contribution in [-0.2, 0) is 13.6 Å². The first kappa shape index (κ1) is 15.6. The molecule has 0 atom stereocenters. The molecule has 1 fully saturated rings. The molecule has 0 amide bonds. The van der Waals surface area contributed by atoms with Crippen LogP contribution in [0.4, 0.5) is 11.6 Å². The maximum Gasteiger partial charge on any atom is 0.131 e. The van der Waals surface area contributed by atoms with Gasteiger partial charge < -0.3 is 10.6 Å². The molecule has 6 heteroatoms. The first-order chi connectivity index (χ1) is 12.3. The summed E-state index contributed by atoms with van der Waals surface area (Å²) in [6, 6.07) is 12.2. The molecule has 1 aliphatic carbocycles. The predicted octanol–water partition coefficient (Wildman–Crippen LogP) is 3.31. The van der Waals surface area contributed by atoms with Crippen molar-refractivity contribution >= 4 is 11.6 Å². The van der Waals surface area contributed by atoms with E-state index >= 15 is 0 Å². The molecule has 1 saturated carbocycles. The number of benzene rings is 1. The van der Waals surface area contributed by atoms with E-state index in [-0.39, 0.29) is 0 Å². The second kappa shape index (κ2) is 6.93. The lowest BCUT2D eigenvalue weighted by Gasteiger charge is -2.08. The Bertz CT molecular complexity index is 838. The number of aryl methyl sites for hydroxylation is 1. The highest BCUT2D eigenvalue weighted by molar-refractivity contribution is 5.63. The Balaban J connectivity index is 1.45. The van der Waals surface area contributed by atoms with Crippen molar-refractivity contribution in [2.75, 3.05) is 17.2 Å². The van der Waals surface area contributed by atoms with E-state index in [0.29, 0.717) is 6.54 Å². The Morgan fingerprint density at radius 3 is 2.60 bits per heavy atom. The number of hydrogen-bond donors (Lipinski definition) is 2. The lowest BCUT2D eigenvalue weighted by atomic mass is 10.1. The molecule has 2 heterocycles. The van der Waals surface area contributed by atoms with Gasteiger partial charge in [0.2, 0.25) is 0 Å². The van der Waals surface area contributed by atoms with Gasteiger partial charge in [-0.25, -0.2) is 9.97 Å². The summed E-state index contributed by atoms with van der Waals surface area (Å²) < 4.78 is 1.85. The first-order valence-corrected chi connectivity index (χ1v) is 8.65. The van der Waals surface area contributed by atoms with Crippen LogP contribution in [0, 0.1) is 5.92 Å². The van der Waals surface area contributed by atoms with Crippen molar-refractivity contribution in [2.45, 2.75) is 19.4 Å². The Morgan fingerprint density at radius 1 is 1.08 bits per heavy atom. The Hall–Kier alpha value is -2.89. The first-order valence-electron chi connectivity index (χ1n) is 8.65. The Morgan fingerprint density at radius 2 is 1.84 bits per heavy atom. The second-order valence-corrected chi connectivity index (χ2v) is 6.51. The maximum absolute atomic E-state index is 4.60. The fraction of sp³-hybridized carbons (Fsp3) is 0.316. The molecule has 0 saturated heterocycles. The Labute approximate surface area is 147 Å². The van der Waals surface area contributed by atoms with E-state index in [4.69, 9.17) is 0 Å². The SMILES string of the molecule is Cn1cc(CNc2cc(NCC3CC3)ncn2)c(-c2ccccc2)n1. The van der Waals surface area contributed by atoms with E-state index in [1.165, 1.54) is 12.8 Å². The maximum atomic E-state index is 4.60. The lowest BCUT2D eigenvalue weighted by Crippen LogP contribution is -2.07. The largest absolute Gasteiger partial charge is 0.370 e. The molecule has 6 nitrogen and oxygen atoms in total. The van der Waals surface area contributed by atoms with Crippen LogP contribution < -0.4 is 10.6 Å². The van der Waals surface area contributed by atoms with Gasteiger partial charge in [0.05, 0.1) is 5.69 Å². The predicted molar refractivity (Wildman–Crippen MR) is 99.2 cm³/mol. The van der Waals surface area contributed by atoms with Gasteiger partial charge in [-0.3, -0.25) is 4.68 Å². The smallest absolute Gasteiger partial charge is 0.131 e. The standard InChI is InChI=1S/C19H22N6/c1-25-12-16(19(24-25)15-5-3-2-4-6-15)11-21-18-9-17(22-13-23-18)20-10-14-7-8-14/h2-6,9,12-14H,7-8,10-11H2,1H3,(H2,20,21,22,23). The van der Waals surface area contributed by atoms with Crippen LogP contribution in [0.5, 0.6) is 0 Å². The van der Waals surface area contributed by atoms with Crippen molar-refractivity contribution in [3.8, 4) is 11.3 Å². The molecule has 1 aliphatic rings. The van der Waals surface area contributed by atoms with Crippen molar-refractivity contribution in [1.29, 1.82) is 0 Å². The van der Waals surface area contributed by atoms with Gasteiger partial charge in [-0.15, -0.1) is 0 Å². The zero-order valence-corrected chi connectivity index (χ0v) is 14.3. The lowest BCUT2D eigenvalue weighted by molar-refractivity contribution is 0.770. The number of aromatic nitrogens is 4. The average molecular weight is 334 g/mol. The zero-order chi connectivity index (χ0) is 17.1. The monoisotopic (exact) mass is 334 g/mol. The third-order valence-corrected chi connectivity index (χ3v) is 4.35. The van der Waals surface area contributed by atoms with Crippen LogP contribution >= 0.6 is 0 Å². The minimum absolute atomic E-state index is 0.664. The van der Waals surface area contributed by atoms with Crippen molar-refractivity contribution in [1.82, 2.24) is 19.7 Å². The van der Waals surface area contributed by atoms with E-state index in [0.717, 1.165) is 40.9 Å². The molecule has 2 aromatic heterocycles. The van der Waals surface area contributed by atoms with Crippen LogP contribution in [0.1, 0.15) is 18.4 Å². The molecule has 25 heavy (non-hydrogen) atoms. The van der Waals surface area contributed by atoms with Crippen LogP contribution in [0.2, 0.25) is 0 Å². The van der Waals surface area contributed by atoms with Gasteiger partial charge in [-0.05, 0) is 18.8 Å². The summed E-state index contributed by atoms with van der Waals surface area (Å²) in [6.07, 6.45) is 6.29. The minimum Gasteiger partial charge on any atom is -0.370 e. The minimum atomic E-state index is 0.664. The van der Waals surface area contributed by atoms with E-state index < -0.39 is 0 Å². The normalized spacial score (nSPS) is 13.6. The molecular weight excluding hydrogens is 312 g/mol. The molecule has 3 aromatic rings. The van der Waals surface area contributed by atoms with Crippen molar-refractivity contribution in [3.05, 3.63) is 54.5 Å². The third kappa shape index (κ3) is 3.96. The third-order valence-electron chi connectivity index (χ3n) is 4.35. The molecule has 0 spiro atoms. The molecule has 4 rings (SSSR count). The van der Waals surface area contributed by atoms with Crippen LogP contribution in [0.3, 0.4) is 0 Å². The summed E-state index contributed by atoms with van der Waals surface area (Å²) in [5.41, 5.74) is 3.26. The van der Waals surface area contributed by atoms with E-state index in [9.17, 15) is 0 Å². The van der Waals surface area contributed by atoms with Crippen molar-refractivity contribution in [3.63, 3.8) is 0 Å². The number of nitrogens with one attached hydrogen (secondary N) is 2. The summed E-state index contributed by atoms with van der Waals surface area (Å²) in [4.78, 5) is 8.60. The Kier molecular flexibility index (Phi) is 4.33. The summed E-state index contributed by atoms with van der Waals surface area (Å²) >= 11 is 0. The molecule has 0 unspecified atom stereocenters. The number of hydrogen-bond acceptors (Lipinski definition) is 5. The van der Waals surface area contributed by atoms with Crippen LogP contribution in [0.25, 0.3) is 11.3 Å². The number of anilines is 2. The molecule has 2 N–H and O–H groups in total. The van der Waals surface area contributed by atoms with E-state index in [2.05, 4.69) is 37.8 Å². The van der Waals surface area contributed by atoms with Gasteiger partial charge >= 0.3 is 0 Å². The van der Waals surface area contributed by atoms with Crippen LogP contribution in [0.15, 0.2) is 48.9 Å². The summed E-state index contributed by atoms with van der Waals surface area (Å²) in [6.45, 7) is 1.66. The molecule has 0 radical (unpaired) electrons. The highest BCUT2D eigenvalue weighted by atomic mass is 15.3. The summed E-state index contributed by atoms with van der Waals surface area (Å²) in [7, 11) is 1.94. The highest BCUT2D eigenvalue weighted by Gasteiger charge is 2.20. The average Bonchev–Trinajstić information content (AvgIpc) is 3.40. The highest BCUT2D eigenvalue weighted by Crippen LogP contribution is 2.28. The molecule has 128 valence electrons. The van der Waals surface area contributed by atoms with Crippen LogP contribution in [-0.4, -0.2) is 26.3 Å². The van der Waals surface area contributed by atoms with Crippen molar-refractivity contribution in [2.24, 2.45) is 13.0 Å². The quantitative estimate of drug-likeness (QED) is 0.694. The van der Waals surface area contributed by atoms with Gasteiger partial charge in [-0.1, -0.05) is 30.3 Å². The molecular formula is C19H22N6. The van der Waals surface area contributed by atoms with Gasteiger partial charge in [0.25, 0.3) is 0 Å². The summed E-state index contributed by atoms with van der Waals surface area (Å²) in [5.74, 6) is 2.50. The number of rotatable bonds is 7. The van der Waals surface area contributed by atoms with Crippen molar-refractivity contribution < 1.29 is 0 Å². The van der Waals surface area contributed by atoms with Gasteiger partial charge in [-0.2, -0.15) is 5.10 Å².